The van der Waals surface area contributed by atoms with E-state index in [4.69, 9.17) is 0 Å². The Balaban J connectivity index is 1.65. The highest BCUT2D eigenvalue weighted by Gasteiger charge is 2.62. The monoisotopic (exact) mass is 361 g/mol. The third kappa shape index (κ3) is 1.92. The summed E-state index contributed by atoms with van der Waals surface area (Å²) >= 11 is 0. The molecule has 2 fully saturated rings. The molecule has 1 spiro atoms. The summed E-state index contributed by atoms with van der Waals surface area (Å²) in [5, 5.41) is 9.71. The van der Waals surface area contributed by atoms with Crippen LogP contribution < -0.4 is 0 Å². The molecule has 0 aliphatic heterocycles. The zero-order valence-electron chi connectivity index (χ0n) is 16.3. The lowest BCUT2D eigenvalue weighted by Gasteiger charge is -2.57. The van der Waals surface area contributed by atoms with E-state index in [0.717, 1.165) is 44.9 Å². The second-order valence-corrected chi connectivity index (χ2v) is 9.89. The van der Waals surface area contributed by atoms with Crippen LogP contribution in [0.25, 0.3) is 0 Å². The molecule has 3 nitrogen and oxygen atoms in total. The van der Waals surface area contributed by atoms with Gasteiger partial charge in [-0.3, -0.25) is 9.59 Å². The van der Waals surface area contributed by atoms with E-state index in [1.807, 2.05) is 6.08 Å². The van der Waals surface area contributed by atoms with Gasteiger partial charge in [-0.05, 0) is 61.9 Å². The van der Waals surface area contributed by atoms with Crippen LogP contribution >= 0.6 is 0 Å². The van der Waals surface area contributed by atoms with E-state index in [0.29, 0.717) is 29.1 Å². The molecule has 0 amide bonds. The summed E-state index contributed by atoms with van der Waals surface area (Å²) in [6.07, 6.45) is 14.7. The molecule has 0 aromatic heterocycles. The second-order valence-electron chi connectivity index (χ2n) is 9.89. The molecule has 0 aromatic rings. The van der Waals surface area contributed by atoms with Gasteiger partial charge in [-0.2, -0.15) is 5.26 Å². The Morgan fingerprint density at radius 1 is 1.11 bits per heavy atom. The van der Waals surface area contributed by atoms with Crippen LogP contribution in [0.4, 0.5) is 0 Å². The van der Waals surface area contributed by atoms with Gasteiger partial charge in [-0.1, -0.05) is 38.2 Å². The lowest BCUT2D eigenvalue weighted by atomic mass is 9.45. The van der Waals surface area contributed by atoms with E-state index < -0.39 is 5.41 Å². The molecule has 5 aliphatic rings. The van der Waals surface area contributed by atoms with Crippen molar-refractivity contribution in [1.29, 1.82) is 5.26 Å². The van der Waals surface area contributed by atoms with Gasteiger partial charge in [-0.15, -0.1) is 0 Å². The minimum absolute atomic E-state index is 0.0221. The molecule has 0 unspecified atom stereocenters. The molecule has 140 valence electrons. The van der Waals surface area contributed by atoms with Crippen LogP contribution in [-0.4, -0.2) is 11.6 Å². The van der Waals surface area contributed by atoms with E-state index in [-0.39, 0.29) is 16.6 Å². The van der Waals surface area contributed by atoms with E-state index >= 15 is 0 Å². The van der Waals surface area contributed by atoms with Gasteiger partial charge >= 0.3 is 0 Å². The average molecular weight is 361 g/mol. The number of carbonyl (C=O) groups is 2. The predicted molar refractivity (Wildman–Crippen MR) is 102 cm³/mol. The Labute approximate surface area is 161 Å². The molecule has 0 aromatic carbocycles. The first-order valence-electron chi connectivity index (χ1n) is 10.4. The fourth-order valence-corrected chi connectivity index (χ4v) is 7.59. The molecule has 3 heteroatoms. The molecule has 5 aliphatic carbocycles. The normalized spacial score (nSPS) is 44.3. The second kappa shape index (κ2) is 5.31. The SMILES string of the molecule is C[C@]12C=C(C#N)C(=O)C3(CC=CC3)C1=CC[C@@H]1[C@@H]2CC[C@]2(C)C(=O)CC[C@@H]12. The number of carbonyl (C=O) groups excluding carboxylic acids is 2. The Hall–Kier alpha value is -1.95. The minimum atomic E-state index is -0.522. The van der Waals surface area contributed by atoms with Gasteiger partial charge in [0.15, 0.2) is 5.78 Å². The van der Waals surface area contributed by atoms with Crippen molar-refractivity contribution in [3.63, 3.8) is 0 Å². The number of hydrogen-bond acceptors (Lipinski definition) is 3. The van der Waals surface area contributed by atoms with Crippen LogP contribution in [0.2, 0.25) is 0 Å². The summed E-state index contributed by atoms with van der Waals surface area (Å²) in [5.41, 5.74) is 0.710. The van der Waals surface area contributed by atoms with Gasteiger partial charge in [-0.25, -0.2) is 0 Å². The van der Waals surface area contributed by atoms with Gasteiger partial charge in [0.25, 0.3) is 0 Å². The van der Waals surface area contributed by atoms with E-state index in [1.165, 1.54) is 5.57 Å². The number of fused-ring (bicyclic) bond motifs is 6. The maximum Gasteiger partial charge on any atom is 0.183 e. The van der Waals surface area contributed by atoms with Crippen molar-refractivity contribution >= 4 is 11.6 Å². The van der Waals surface area contributed by atoms with E-state index in [9.17, 15) is 14.9 Å². The Morgan fingerprint density at radius 3 is 2.56 bits per heavy atom. The highest BCUT2D eigenvalue weighted by molar-refractivity contribution is 6.07. The van der Waals surface area contributed by atoms with Crippen LogP contribution in [0.3, 0.4) is 0 Å². The van der Waals surface area contributed by atoms with Crippen molar-refractivity contribution in [2.24, 2.45) is 34.0 Å². The molecule has 0 saturated heterocycles. The molecule has 0 radical (unpaired) electrons. The zero-order chi connectivity index (χ0) is 19.0. The number of rotatable bonds is 0. The Bertz CT molecular complexity index is 877. The molecule has 5 atom stereocenters. The number of hydrogen-bond donors (Lipinski definition) is 0. The maximum atomic E-state index is 13.2. The van der Waals surface area contributed by atoms with Gasteiger partial charge in [0.1, 0.15) is 11.9 Å². The van der Waals surface area contributed by atoms with Gasteiger partial charge in [0, 0.05) is 17.3 Å². The summed E-state index contributed by atoms with van der Waals surface area (Å²) in [6.45, 7) is 4.45. The maximum absolute atomic E-state index is 13.2. The van der Waals surface area contributed by atoms with E-state index in [1.54, 1.807) is 0 Å². The van der Waals surface area contributed by atoms with Crippen molar-refractivity contribution in [2.75, 3.05) is 0 Å². The molecule has 0 heterocycles. The van der Waals surface area contributed by atoms with E-state index in [2.05, 4.69) is 38.1 Å². The van der Waals surface area contributed by atoms with Crippen LogP contribution in [0.5, 0.6) is 0 Å². The van der Waals surface area contributed by atoms with Crippen molar-refractivity contribution in [1.82, 2.24) is 0 Å². The van der Waals surface area contributed by atoms with Crippen molar-refractivity contribution in [3.8, 4) is 6.07 Å². The first-order valence-corrected chi connectivity index (χ1v) is 10.4. The van der Waals surface area contributed by atoms with Crippen molar-refractivity contribution < 1.29 is 9.59 Å². The third-order valence-electron chi connectivity index (χ3n) is 8.95. The standard InChI is InChI=1S/C24H27NO2/c1-22-12-9-18-16(17(22)6-8-20(22)26)5-7-19-23(18,2)13-15(14-25)21(27)24(19)10-3-4-11-24/h3-4,7,13,16-18H,5-6,8-12H2,1-2H3/t16-,17-,18-,22-,23+/m0/s1. The van der Waals surface area contributed by atoms with Crippen molar-refractivity contribution in [2.45, 2.75) is 58.8 Å². The minimum Gasteiger partial charge on any atom is -0.299 e. The molecule has 5 rings (SSSR count). The van der Waals surface area contributed by atoms with Crippen LogP contribution in [-0.2, 0) is 9.59 Å². The number of ketones is 2. The van der Waals surface area contributed by atoms with Gasteiger partial charge in [0.05, 0.1) is 11.0 Å². The average Bonchev–Trinajstić information content (AvgIpc) is 3.25. The highest BCUT2D eigenvalue weighted by atomic mass is 16.1. The summed E-state index contributed by atoms with van der Waals surface area (Å²) < 4.78 is 0. The highest BCUT2D eigenvalue weighted by Crippen LogP contribution is 2.66. The lowest BCUT2D eigenvalue weighted by molar-refractivity contribution is -0.131. The van der Waals surface area contributed by atoms with Gasteiger partial charge in [0.2, 0.25) is 0 Å². The summed E-state index contributed by atoms with van der Waals surface area (Å²) in [4.78, 5) is 25.8. The van der Waals surface area contributed by atoms with Crippen LogP contribution in [0.15, 0.2) is 35.5 Å². The predicted octanol–water partition coefficient (Wildman–Crippen LogP) is 4.70. The molecule has 0 bridgehead atoms. The molecular formula is C24H27NO2. The molecular weight excluding hydrogens is 334 g/mol. The molecule has 0 N–H and O–H groups in total. The smallest absolute Gasteiger partial charge is 0.183 e. The van der Waals surface area contributed by atoms with Gasteiger partial charge < -0.3 is 0 Å². The Kier molecular flexibility index (Phi) is 3.38. The third-order valence-corrected chi connectivity index (χ3v) is 8.95. The van der Waals surface area contributed by atoms with Crippen molar-refractivity contribution in [3.05, 3.63) is 35.5 Å². The quantitative estimate of drug-likeness (QED) is 0.587. The topological polar surface area (TPSA) is 57.9 Å². The lowest BCUT2D eigenvalue weighted by Crippen LogP contribution is -2.53. The fourth-order valence-electron chi connectivity index (χ4n) is 7.59. The number of Topliss-reactive ketones (excluding diaryl/α,β-unsaturated/α-hetero) is 2. The van der Waals surface area contributed by atoms with Crippen LogP contribution in [0.1, 0.15) is 58.8 Å². The number of allylic oxidation sites excluding steroid dienone is 6. The number of nitriles is 1. The first-order chi connectivity index (χ1) is 12.9. The van der Waals surface area contributed by atoms with Crippen LogP contribution in [0, 0.1) is 45.3 Å². The largest absolute Gasteiger partial charge is 0.299 e. The molecule has 27 heavy (non-hydrogen) atoms. The summed E-state index contributed by atoms with van der Waals surface area (Å²) in [6, 6.07) is 2.22. The molecule has 2 saturated carbocycles. The fraction of sp³-hybridized carbons (Fsp3) is 0.625. The zero-order valence-corrected chi connectivity index (χ0v) is 16.3. The summed E-state index contributed by atoms with van der Waals surface area (Å²) in [5.74, 6) is 1.84. The number of nitrogens with zero attached hydrogens (tertiary/aromatic N) is 1. The Morgan fingerprint density at radius 2 is 1.85 bits per heavy atom. The first kappa shape index (κ1) is 17.2. The summed E-state index contributed by atoms with van der Waals surface area (Å²) in [7, 11) is 0.